The first-order valence-electron chi connectivity index (χ1n) is 8.86. The molecule has 0 bridgehead atoms. The molecule has 1 aliphatic heterocycles. The van der Waals surface area contributed by atoms with Gasteiger partial charge in [0.1, 0.15) is 11.6 Å². The number of halogens is 4. The third kappa shape index (κ3) is 3.71. The molecule has 0 radical (unpaired) electrons. The smallest absolute Gasteiger partial charge is 0.366 e. The molecule has 152 valence electrons. The van der Waals surface area contributed by atoms with Gasteiger partial charge >= 0.3 is 6.18 Å². The van der Waals surface area contributed by atoms with Gasteiger partial charge in [-0.1, -0.05) is 11.6 Å². The fraction of sp³-hybridized carbons (Fsp3) is 0.333. The topological polar surface area (TPSA) is 89.4 Å². The Kier molecular flexibility index (Phi) is 4.81. The third-order valence-electron chi connectivity index (χ3n) is 4.95. The van der Waals surface area contributed by atoms with Crippen molar-refractivity contribution < 1.29 is 18.0 Å². The van der Waals surface area contributed by atoms with Gasteiger partial charge in [-0.25, -0.2) is 4.98 Å². The number of carbonyl (C=O) groups is 1. The van der Waals surface area contributed by atoms with Crippen molar-refractivity contribution >= 4 is 29.0 Å². The first-order chi connectivity index (χ1) is 13.7. The first-order valence-corrected chi connectivity index (χ1v) is 9.24. The number of alkyl halides is 3. The van der Waals surface area contributed by atoms with E-state index in [1.54, 1.807) is 0 Å². The van der Waals surface area contributed by atoms with E-state index in [2.05, 4.69) is 15.2 Å². The average molecular weight is 425 g/mol. The van der Waals surface area contributed by atoms with Crippen LogP contribution in [0.1, 0.15) is 40.5 Å². The minimum absolute atomic E-state index is 0.157. The molecular formula is C18H16ClF3N6O. The molecule has 0 saturated carbocycles. The largest absolute Gasteiger partial charge is 0.417 e. The number of nitrogens with zero attached hydrogens (tertiary/aromatic N) is 5. The van der Waals surface area contributed by atoms with Gasteiger partial charge in [-0.05, 0) is 31.0 Å². The van der Waals surface area contributed by atoms with Crippen LogP contribution in [0, 0.1) is 0 Å². The van der Waals surface area contributed by atoms with Crippen LogP contribution < -0.4 is 10.6 Å². The van der Waals surface area contributed by atoms with Crippen molar-refractivity contribution in [2.45, 2.75) is 24.9 Å². The highest BCUT2D eigenvalue weighted by molar-refractivity contribution is 6.33. The first kappa shape index (κ1) is 19.4. The monoisotopic (exact) mass is 424 g/mol. The van der Waals surface area contributed by atoms with Gasteiger partial charge in [0.05, 0.1) is 16.1 Å². The highest BCUT2D eigenvalue weighted by Crippen LogP contribution is 2.33. The standard InChI is InChI=1S/C18H16ClF3N6O/c19-13-6-11(15(23)29)7-24-17(13)27-5-1-2-10(8-27)16-26-25-14-4-3-12(9-28(14)16)18(20,21)22/h3-4,6-7,9-10H,1-2,5,8H2,(H2,23,29). The van der Waals surface area contributed by atoms with Crippen molar-refractivity contribution in [1.82, 2.24) is 19.6 Å². The van der Waals surface area contributed by atoms with E-state index in [-0.39, 0.29) is 16.5 Å². The van der Waals surface area contributed by atoms with Crippen molar-refractivity contribution in [2.75, 3.05) is 18.0 Å². The van der Waals surface area contributed by atoms with Crippen LogP contribution in [0.5, 0.6) is 0 Å². The molecule has 1 unspecified atom stereocenters. The maximum absolute atomic E-state index is 13.1. The molecule has 1 amide bonds. The SMILES string of the molecule is NC(=O)c1cnc(N2CCCC(c3nnc4ccc(C(F)(F)F)cn34)C2)c(Cl)c1. The summed E-state index contributed by atoms with van der Waals surface area (Å²) in [6.07, 6.45) is -0.557. The molecule has 0 aromatic carbocycles. The molecule has 7 nitrogen and oxygen atoms in total. The number of anilines is 1. The molecule has 4 rings (SSSR count). The molecule has 2 N–H and O–H groups in total. The zero-order valence-corrected chi connectivity index (χ0v) is 15.8. The van der Waals surface area contributed by atoms with Crippen molar-refractivity contribution in [2.24, 2.45) is 5.73 Å². The van der Waals surface area contributed by atoms with Gasteiger partial charge in [-0.2, -0.15) is 13.2 Å². The molecule has 4 heterocycles. The van der Waals surface area contributed by atoms with E-state index in [1.165, 1.54) is 22.7 Å². The molecule has 11 heteroatoms. The number of hydrogen-bond acceptors (Lipinski definition) is 5. The number of pyridine rings is 2. The molecule has 0 spiro atoms. The average Bonchev–Trinajstić information content (AvgIpc) is 3.10. The normalized spacial score (nSPS) is 17.7. The van der Waals surface area contributed by atoms with Crippen molar-refractivity contribution in [3.05, 3.63) is 52.6 Å². The Bertz CT molecular complexity index is 1080. The fourth-order valence-corrected chi connectivity index (χ4v) is 3.82. The third-order valence-corrected chi connectivity index (χ3v) is 5.23. The number of hydrogen-bond donors (Lipinski definition) is 1. The Labute approximate surface area is 168 Å². The number of piperidine rings is 1. The van der Waals surface area contributed by atoms with E-state index >= 15 is 0 Å². The van der Waals surface area contributed by atoms with Gasteiger partial charge in [0.15, 0.2) is 5.65 Å². The van der Waals surface area contributed by atoms with Gasteiger partial charge in [-0.3, -0.25) is 9.20 Å². The van der Waals surface area contributed by atoms with Crippen molar-refractivity contribution in [1.29, 1.82) is 0 Å². The Hall–Kier alpha value is -2.88. The van der Waals surface area contributed by atoms with Crippen LogP contribution in [0.3, 0.4) is 0 Å². The van der Waals surface area contributed by atoms with Crippen molar-refractivity contribution in [3.8, 4) is 0 Å². The Morgan fingerprint density at radius 3 is 2.76 bits per heavy atom. The number of fused-ring (bicyclic) bond motifs is 1. The zero-order chi connectivity index (χ0) is 20.8. The molecule has 3 aromatic rings. The molecule has 1 fully saturated rings. The summed E-state index contributed by atoms with van der Waals surface area (Å²) in [7, 11) is 0. The van der Waals surface area contributed by atoms with Crippen molar-refractivity contribution in [3.63, 3.8) is 0 Å². The minimum atomic E-state index is -4.45. The van der Waals surface area contributed by atoms with E-state index in [1.807, 2.05) is 4.90 Å². The predicted molar refractivity (Wildman–Crippen MR) is 99.9 cm³/mol. The summed E-state index contributed by atoms with van der Waals surface area (Å²) in [4.78, 5) is 17.5. The summed E-state index contributed by atoms with van der Waals surface area (Å²) in [5.41, 5.74) is 5.04. The number of amides is 1. The number of aromatic nitrogens is 4. The quantitative estimate of drug-likeness (QED) is 0.697. The predicted octanol–water partition coefficient (Wildman–Crippen LogP) is 3.28. The summed E-state index contributed by atoms with van der Waals surface area (Å²) in [5.74, 6) is 0.167. The zero-order valence-electron chi connectivity index (χ0n) is 15.0. The maximum Gasteiger partial charge on any atom is 0.417 e. The van der Waals surface area contributed by atoms with Gasteiger partial charge in [0, 0.05) is 31.4 Å². The summed E-state index contributed by atoms with van der Waals surface area (Å²) < 4.78 is 40.7. The number of rotatable bonds is 3. The lowest BCUT2D eigenvalue weighted by Gasteiger charge is -2.33. The van der Waals surface area contributed by atoms with E-state index < -0.39 is 17.6 Å². The second-order valence-electron chi connectivity index (χ2n) is 6.88. The van der Waals surface area contributed by atoms with E-state index in [4.69, 9.17) is 17.3 Å². The second kappa shape index (κ2) is 7.18. The van der Waals surface area contributed by atoms with Gasteiger partial charge in [0.25, 0.3) is 0 Å². The summed E-state index contributed by atoms with van der Waals surface area (Å²) in [5, 5.41) is 8.42. The van der Waals surface area contributed by atoms with Crippen LogP contribution in [-0.4, -0.2) is 38.6 Å². The Morgan fingerprint density at radius 2 is 2.07 bits per heavy atom. The molecular weight excluding hydrogens is 409 g/mol. The summed E-state index contributed by atoms with van der Waals surface area (Å²) in [6.45, 7) is 1.13. The highest BCUT2D eigenvalue weighted by Gasteiger charge is 2.32. The summed E-state index contributed by atoms with van der Waals surface area (Å²) >= 11 is 6.28. The molecule has 0 aliphatic carbocycles. The minimum Gasteiger partial charge on any atom is -0.366 e. The van der Waals surface area contributed by atoms with E-state index in [0.29, 0.717) is 30.4 Å². The molecule has 1 atom stereocenters. The number of carbonyl (C=O) groups excluding carboxylic acids is 1. The van der Waals surface area contributed by atoms with E-state index in [0.717, 1.165) is 25.1 Å². The van der Waals surface area contributed by atoms with Crippen LogP contribution >= 0.6 is 11.6 Å². The van der Waals surface area contributed by atoms with Gasteiger partial charge < -0.3 is 10.6 Å². The molecule has 1 aliphatic rings. The fourth-order valence-electron chi connectivity index (χ4n) is 3.53. The Morgan fingerprint density at radius 1 is 1.28 bits per heavy atom. The number of primary amides is 1. The lowest BCUT2D eigenvalue weighted by Crippen LogP contribution is -2.36. The lowest BCUT2D eigenvalue weighted by molar-refractivity contribution is -0.137. The Balaban J connectivity index is 1.64. The molecule has 29 heavy (non-hydrogen) atoms. The van der Waals surface area contributed by atoms with E-state index in [9.17, 15) is 18.0 Å². The second-order valence-corrected chi connectivity index (χ2v) is 7.29. The molecule has 3 aromatic heterocycles. The van der Waals surface area contributed by atoms with Crippen LogP contribution in [0.25, 0.3) is 5.65 Å². The number of nitrogens with two attached hydrogens (primary N) is 1. The van der Waals surface area contributed by atoms with Gasteiger partial charge in [0.2, 0.25) is 5.91 Å². The highest BCUT2D eigenvalue weighted by atomic mass is 35.5. The summed E-state index contributed by atoms with van der Waals surface area (Å²) in [6, 6.07) is 3.75. The van der Waals surface area contributed by atoms with Crippen LogP contribution in [0.2, 0.25) is 5.02 Å². The lowest BCUT2D eigenvalue weighted by atomic mass is 9.97. The van der Waals surface area contributed by atoms with Crippen LogP contribution in [-0.2, 0) is 6.18 Å². The maximum atomic E-state index is 13.1. The van der Waals surface area contributed by atoms with Gasteiger partial charge in [-0.15, -0.1) is 10.2 Å². The van der Waals surface area contributed by atoms with Crippen LogP contribution in [0.4, 0.5) is 19.0 Å². The molecule has 1 saturated heterocycles. The van der Waals surface area contributed by atoms with Crippen LogP contribution in [0.15, 0.2) is 30.6 Å².